The molecule has 3 nitrogen and oxygen atoms in total. The molecule has 1 fully saturated rings. The third kappa shape index (κ3) is 2.68. The summed E-state index contributed by atoms with van der Waals surface area (Å²) in [5.41, 5.74) is 5.44. The number of benzene rings is 1. The molecular weight excluding hydrogens is 224 g/mol. The van der Waals surface area contributed by atoms with Gasteiger partial charge in [0.1, 0.15) is 5.75 Å². The third-order valence-corrected chi connectivity index (χ3v) is 4.11. The van der Waals surface area contributed by atoms with Gasteiger partial charge in [0.15, 0.2) is 0 Å². The zero-order chi connectivity index (χ0) is 13.1. The van der Waals surface area contributed by atoms with Crippen LogP contribution in [0.3, 0.4) is 0 Å². The number of rotatable bonds is 4. The average Bonchev–Trinajstić information content (AvgIpc) is 2.77. The van der Waals surface area contributed by atoms with Gasteiger partial charge in [0.2, 0.25) is 0 Å². The lowest BCUT2D eigenvalue weighted by molar-refractivity contribution is 0.342. The molecule has 0 aromatic heterocycles. The number of ether oxygens (including phenoxy) is 1. The van der Waals surface area contributed by atoms with E-state index >= 15 is 0 Å². The first-order chi connectivity index (χ1) is 8.65. The normalized spacial score (nSPS) is 25.1. The second kappa shape index (κ2) is 5.72. The highest BCUT2D eigenvalue weighted by molar-refractivity contribution is 5.39. The number of nitrogens with two attached hydrogens (primary N) is 1. The molecule has 1 aromatic rings. The maximum atomic E-state index is 5.80. The standard InChI is InChI=1S/C15H24N2O/c1-10-4-6-12(8-10)15(17-16)13-9-11(2)5-7-14(13)18-3/h5,7,9-10,12,15,17H,4,6,8,16H2,1-3H3. The van der Waals surface area contributed by atoms with Crippen molar-refractivity contribution in [3.8, 4) is 5.75 Å². The molecule has 0 amide bonds. The first-order valence-corrected chi connectivity index (χ1v) is 6.76. The molecule has 1 aliphatic carbocycles. The highest BCUT2D eigenvalue weighted by Crippen LogP contribution is 2.41. The molecule has 3 unspecified atom stereocenters. The van der Waals surface area contributed by atoms with Crippen molar-refractivity contribution in [1.82, 2.24) is 5.43 Å². The minimum Gasteiger partial charge on any atom is -0.496 e. The molecule has 1 aromatic carbocycles. The summed E-state index contributed by atoms with van der Waals surface area (Å²) in [5.74, 6) is 8.15. The highest BCUT2D eigenvalue weighted by atomic mass is 16.5. The van der Waals surface area contributed by atoms with Gasteiger partial charge in [0.25, 0.3) is 0 Å². The lowest BCUT2D eigenvalue weighted by atomic mass is 9.90. The Morgan fingerprint density at radius 1 is 1.39 bits per heavy atom. The zero-order valence-electron chi connectivity index (χ0n) is 11.6. The van der Waals surface area contributed by atoms with Gasteiger partial charge in [-0.2, -0.15) is 0 Å². The fourth-order valence-electron chi connectivity index (χ4n) is 3.13. The van der Waals surface area contributed by atoms with Crippen LogP contribution in [-0.2, 0) is 0 Å². The van der Waals surface area contributed by atoms with Gasteiger partial charge >= 0.3 is 0 Å². The molecule has 2 rings (SSSR count). The first-order valence-electron chi connectivity index (χ1n) is 6.76. The van der Waals surface area contributed by atoms with E-state index in [1.54, 1.807) is 7.11 Å². The molecule has 1 aliphatic rings. The quantitative estimate of drug-likeness (QED) is 0.636. The van der Waals surface area contributed by atoms with E-state index in [1.165, 1.54) is 30.4 Å². The lowest BCUT2D eigenvalue weighted by Gasteiger charge is -2.25. The summed E-state index contributed by atoms with van der Waals surface area (Å²) in [5, 5.41) is 0. The molecular formula is C15H24N2O. The van der Waals surface area contributed by atoms with Crippen molar-refractivity contribution in [1.29, 1.82) is 0 Å². The number of aryl methyl sites for hydroxylation is 1. The van der Waals surface area contributed by atoms with Gasteiger partial charge in [-0.3, -0.25) is 11.3 Å². The SMILES string of the molecule is COc1ccc(C)cc1C(NN)C1CCC(C)C1. The maximum Gasteiger partial charge on any atom is 0.123 e. The van der Waals surface area contributed by atoms with E-state index in [0.29, 0.717) is 5.92 Å². The van der Waals surface area contributed by atoms with Gasteiger partial charge in [0, 0.05) is 5.56 Å². The smallest absolute Gasteiger partial charge is 0.123 e. The van der Waals surface area contributed by atoms with Crippen LogP contribution in [0.1, 0.15) is 43.4 Å². The summed E-state index contributed by atoms with van der Waals surface area (Å²) in [6.45, 7) is 4.43. The van der Waals surface area contributed by atoms with Gasteiger partial charge in [0.05, 0.1) is 13.2 Å². The average molecular weight is 248 g/mol. The van der Waals surface area contributed by atoms with Gasteiger partial charge in [-0.15, -0.1) is 0 Å². The molecule has 0 radical (unpaired) electrons. The zero-order valence-corrected chi connectivity index (χ0v) is 11.6. The predicted molar refractivity (Wildman–Crippen MR) is 74.3 cm³/mol. The van der Waals surface area contributed by atoms with Crippen molar-refractivity contribution in [2.75, 3.05) is 7.11 Å². The lowest BCUT2D eigenvalue weighted by Crippen LogP contribution is -2.33. The Balaban J connectivity index is 2.29. The van der Waals surface area contributed by atoms with Crippen molar-refractivity contribution in [2.24, 2.45) is 17.7 Å². The Bertz CT molecular complexity index is 405. The monoisotopic (exact) mass is 248 g/mol. The van der Waals surface area contributed by atoms with E-state index in [0.717, 1.165) is 11.7 Å². The molecule has 3 heteroatoms. The van der Waals surface area contributed by atoms with Crippen LogP contribution >= 0.6 is 0 Å². The van der Waals surface area contributed by atoms with E-state index in [9.17, 15) is 0 Å². The van der Waals surface area contributed by atoms with Gasteiger partial charge < -0.3 is 4.74 Å². The van der Waals surface area contributed by atoms with Crippen LogP contribution in [0.25, 0.3) is 0 Å². The Morgan fingerprint density at radius 2 is 2.17 bits per heavy atom. The van der Waals surface area contributed by atoms with E-state index < -0.39 is 0 Å². The van der Waals surface area contributed by atoms with Crippen LogP contribution in [0.5, 0.6) is 5.75 Å². The maximum absolute atomic E-state index is 5.80. The molecule has 0 aliphatic heterocycles. The summed E-state index contributed by atoms with van der Waals surface area (Å²) in [6, 6.07) is 6.50. The van der Waals surface area contributed by atoms with Gasteiger partial charge in [-0.05, 0) is 37.7 Å². The predicted octanol–water partition coefficient (Wildman–Crippen LogP) is 2.94. The third-order valence-electron chi connectivity index (χ3n) is 4.11. The molecule has 0 bridgehead atoms. The van der Waals surface area contributed by atoms with Crippen LogP contribution < -0.4 is 16.0 Å². The van der Waals surface area contributed by atoms with Crippen LogP contribution in [0.15, 0.2) is 18.2 Å². The largest absolute Gasteiger partial charge is 0.496 e. The number of hydrogen-bond donors (Lipinski definition) is 2. The molecule has 0 heterocycles. The minimum absolute atomic E-state index is 0.199. The molecule has 18 heavy (non-hydrogen) atoms. The van der Waals surface area contributed by atoms with Crippen LogP contribution in [0, 0.1) is 18.8 Å². The fraction of sp³-hybridized carbons (Fsp3) is 0.600. The number of methoxy groups -OCH3 is 1. The van der Waals surface area contributed by atoms with E-state index in [-0.39, 0.29) is 6.04 Å². The molecule has 3 atom stereocenters. The molecule has 3 N–H and O–H groups in total. The van der Waals surface area contributed by atoms with Crippen molar-refractivity contribution < 1.29 is 4.74 Å². The van der Waals surface area contributed by atoms with Crippen LogP contribution in [0.2, 0.25) is 0 Å². The van der Waals surface area contributed by atoms with Crippen molar-refractivity contribution in [3.63, 3.8) is 0 Å². The van der Waals surface area contributed by atoms with Crippen LogP contribution in [-0.4, -0.2) is 7.11 Å². The summed E-state index contributed by atoms with van der Waals surface area (Å²) in [7, 11) is 1.72. The Labute approximate surface area is 110 Å². The Hall–Kier alpha value is -1.06. The molecule has 0 saturated heterocycles. The highest BCUT2D eigenvalue weighted by Gasteiger charge is 2.30. The molecule has 100 valence electrons. The van der Waals surface area contributed by atoms with E-state index in [4.69, 9.17) is 10.6 Å². The summed E-state index contributed by atoms with van der Waals surface area (Å²) < 4.78 is 5.47. The number of hydrazine groups is 1. The summed E-state index contributed by atoms with van der Waals surface area (Å²) >= 11 is 0. The minimum atomic E-state index is 0.199. The Morgan fingerprint density at radius 3 is 2.72 bits per heavy atom. The van der Waals surface area contributed by atoms with Crippen molar-refractivity contribution >= 4 is 0 Å². The van der Waals surface area contributed by atoms with Crippen molar-refractivity contribution in [3.05, 3.63) is 29.3 Å². The summed E-state index contributed by atoms with van der Waals surface area (Å²) in [6.07, 6.45) is 3.79. The first kappa shape index (κ1) is 13.4. The molecule has 0 spiro atoms. The van der Waals surface area contributed by atoms with E-state index in [2.05, 4.69) is 31.4 Å². The van der Waals surface area contributed by atoms with Gasteiger partial charge in [-0.25, -0.2) is 0 Å². The van der Waals surface area contributed by atoms with Gasteiger partial charge in [-0.1, -0.05) is 31.0 Å². The number of nitrogens with one attached hydrogen (secondary N) is 1. The topological polar surface area (TPSA) is 47.3 Å². The van der Waals surface area contributed by atoms with E-state index in [1.807, 2.05) is 6.07 Å². The van der Waals surface area contributed by atoms with Crippen molar-refractivity contribution in [2.45, 2.75) is 39.2 Å². The Kier molecular flexibility index (Phi) is 4.25. The summed E-state index contributed by atoms with van der Waals surface area (Å²) in [4.78, 5) is 0. The second-order valence-electron chi connectivity index (χ2n) is 5.57. The molecule has 1 saturated carbocycles. The van der Waals surface area contributed by atoms with Crippen LogP contribution in [0.4, 0.5) is 0 Å². The fourth-order valence-corrected chi connectivity index (χ4v) is 3.13. The second-order valence-corrected chi connectivity index (χ2v) is 5.57. The number of hydrogen-bond acceptors (Lipinski definition) is 3.